The van der Waals surface area contributed by atoms with Crippen LogP contribution >= 0.6 is 35.2 Å². The van der Waals surface area contributed by atoms with Crippen LogP contribution in [0.2, 0.25) is 0 Å². The van der Waals surface area contributed by atoms with Crippen molar-refractivity contribution >= 4 is 67.0 Å². The van der Waals surface area contributed by atoms with Gasteiger partial charge in [-0.2, -0.15) is 0 Å². The van der Waals surface area contributed by atoms with Crippen molar-refractivity contribution in [1.29, 1.82) is 0 Å². The minimum atomic E-state index is -0.446. The van der Waals surface area contributed by atoms with Gasteiger partial charge in [0, 0.05) is 16.8 Å². The van der Waals surface area contributed by atoms with Crippen LogP contribution in [0.3, 0.4) is 0 Å². The van der Waals surface area contributed by atoms with Crippen molar-refractivity contribution in [1.82, 2.24) is 0 Å². The van der Waals surface area contributed by atoms with Crippen LogP contribution in [-0.4, -0.2) is 12.3 Å². The van der Waals surface area contributed by atoms with Gasteiger partial charge >= 0.3 is 22.6 Å². The second-order valence-electron chi connectivity index (χ2n) is 9.96. The Morgan fingerprint density at radius 1 is 0.388 bits per heavy atom. The monoisotopic (exact) mass is 762 g/mol. The van der Waals surface area contributed by atoms with Crippen molar-refractivity contribution < 1.29 is 26.1 Å². The molecular formula is C42H42CoO2P3S+. The molecule has 0 saturated heterocycles. The molecular weight excluding hydrogens is 720 g/mol. The molecule has 2 nitrogen and oxygen atoms in total. The topological polar surface area (TPSA) is 39.8 Å². The molecule has 0 spiro atoms. The molecule has 0 heterocycles. The van der Waals surface area contributed by atoms with Crippen LogP contribution in [0, 0.1) is 13.3 Å². The van der Waals surface area contributed by atoms with Gasteiger partial charge < -0.3 is 0 Å². The van der Waals surface area contributed by atoms with Crippen molar-refractivity contribution in [2.24, 2.45) is 0 Å². The zero-order chi connectivity index (χ0) is 34.8. The van der Waals surface area contributed by atoms with Gasteiger partial charge in [-0.05, 0) is 73.8 Å². The maximum atomic E-state index is 7.50. The third-order valence-corrected chi connectivity index (χ3v) is 15.3. The van der Waals surface area contributed by atoms with E-state index in [0.29, 0.717) is 0 Å². The van der Waals surface area contributed by atoms with E-state index in [-0.39, 0.29) is 23.9 Å². The molecule has 0 N–H and O–H groups in total. The molecule has 0 amide bonds. The molecule has 0 aliphatic heterocycles. The van der Waals surface area contributed by atoms with E-state index in [0.717, 1.165) is 0 Å². The van der Waals surface area contributed by atoms with Gasteiger partial charge in [0.1, 0.15) is 0 Å². The van der Waals surface area contributed by atoms with Gasteiger partial charge in [0.15, 0.2) is 0 Å². The Balaban J connectivity index is 0.000000382. The molecule has 0 aliphatic carbocycles. The fraction of sp³-hybridized carbons (Fsp3) is 0.0952. The van der Waals surface area contributed by atoms with Crippen LogP contribution < -0.4 is 31.8 Å². The molecule has 0 atom stereocenters. The fourth-order valence-corrected chi connectivity index (χ4v) is 9.72. The predicted molar refractivity (Wildman–Crippen MR) is 217 cm³/mol. The summed E-state index contributed by atoms with van der Waals surface area (Å²) in [6.45, 7) is 13.4. The molecule has 0 bridgehead atoms. The second kappa shape index (κ2) is 27.7. The Kier molecular flexibility index (Phi) is 24.9. The van der Waals surface area contributed by atoms with Gasteiger partial charge in [-0.15, -0.1) is 0 Å². The summed E-state index contributed by atoms with van der Waals surface area (Å²) in [5.41, 5.74) is 0. The van der Waals surface area contributed by atoms with Gasteiger partial charge in [-0.25, -0.2) is 0 Å². The molecule has 6 rings (SSSR count). The molecule has 0 unspecified atom stereocenters. The van der Waals surface area contributed by atoms with E-state index in [1.165, 1.54) is 44.2 Å². The van der Waals surface area contributed by atoms with E-state index in [2.05, 4.69) is 221 Å². The molecule has 49 heavy (non-hydrogen) atoms. The van der Waals surface area contributed by atoms with Gasteiger partial charge in [0.25, 0.3) is 0 Å². The van der Waals surface area contributed by atoms with Crippen molar-refractivity contribution in [3.63, 3.8) is 0 Å². The first-order chi connectivity index (χ1) is 23.7. The number of thiol groups is 1. The largest absolute Gasteiger partial charge is 0.0622 e. The summed E-state index contributed by atoms with van der Waals surface area (Å²) in [7, 11) is -1.07. The SMILES string of the molecule is CC[PH+](S)CC.[C-]#[O+].[C-]#[O+].[Co].c1ccc(P(c2ccccc2)c2ccccc2)cc1.c1ccc(P(c2ccccc2)c2ccccc2)cc1. The standard InChI is InChI=1S/2C18H15P.C4H11PS.2CO.Co/c2*1-4-10-16(11-5-1)19(17-12-6-2-7-13-17)18-14-8-3-9-15-18;1-3-5(6)4-2;2*1-2;/h2*1-15H;6H,3-4H2,1-2H3;;;/p+1. The minimum Gasteiger partial charge on any atom is -0.0622 e. The third-order valence-electron chi connectivity index (χ3n) is 6.90. The van der Waals surface area contributed by atoms with E-state index in [1.807, 2.05) is 0 Å². The summed E-state index contributed by atoms with van der Waals surface area (Å²) in [5, 5.41) is 8.39. The van der Waals surface area contributed by atoms with Gasteiger partial charge in [0.05, 0.1) is 19.4 Å². The Morgan fingerprint density at radius 2 is 0.531 bits per heavy atom. The van der Waals surface area contributed by atoms with Gasteiger partial charge in [-0.3, -0.25) is 0 Å². The van der Waals surface area contributed by atoms with Crippen LogP contribution in [0.1, 0.15) is 13.8 Å². The Morgan fingerprint density at radius 3 is 0.633 bits per heavy atom. The van der Waals surface area contributed by atoms with E-state index >= 15 is 0 Å². The third kappa shape index (κ3) is 15.6. The first-order valence-electron chi connectivity index (χ1n) is 15.6. The van der Waals surface area contributed by atoms with Gasteiger partial charge in [-0.1, -0.05) is 182 Å². The molecule has 6 aromatic carbocycles. The summed E-state index contributed by atoms with van der Waals surface area (Å²) in [6, 6.07) is 64.7. The average Bonchev–Trinajstić information content (AvgIpc) is 3.19. The van der Waals surface area contributed by atoms with E-state index in [1.54, 1.807) is 0 Å². The van der Waals surface area contributed by atoms with Crippen LogP contribution in [0.4, 0.5) is 0 Å². The molecule has 0 saturated carbocycles. The predicted octanol–water partition coefficient (Wildman–Crippen LogP) is 8.90. The number of benzene rings is 6. The molecule has 0 fully saturated rings. The van der Waals surface area contributed by atoms with Crippen LogP contribution in [0.15, 0.2) is 182 Å². The first-order valence-corrected chi connectivity index (χ1v) is 21.4. The Hall–Kier alpha value is -3.05. The fourth-order valence-electron chi connectivity index (χ4n) is 4.61. The summed E-state index contributed by atoms with van der Waals surface area (Å²) in [6.07, 6.45) is 2.59. The number of rotatable bonds is 8. The van der Waals surface area contributed by atoms with Crippen LogP contribution in [0.25, 0.3) is 0 Å². The summed E-state index contributed by atoms with van der Waals surface area (Å²) in [5.74, 6) is 0. The Bertz CT molecular complexity index is 1360. The number of hydrogen-bond donors (Lipinski definition) is 1. The van der Waals surface area contributed by atoms with E-state index in [4.69, 9.17) is 9.30 Å². The van der Waals surface area contributed by atoms with E-state index in [9.17, 15) is 0 Å². The summed E-state index contributed by atoms with van der Waals surface area (Å²) in [4.78, 5) is 0. The zero-order valence-corrected chi connectivity index (χ0v) is 32.5. The molecule has 0 aromatic heterocycles. The average molecular weight is 763 g/mol. The molecule has 251 valence electrons. The van der Waals surface area contributed by atoms with Crippen molar-refractivity contribution in [2.45, 2.75) is 13.8 Å². The molecule has 6 aromatic rings. The smallest absolute Gasteiger partial charge is 0 e. The maximum absolute atomic E-state index is 7.50. The first kappa shape index (κ1) is 44.0. The molecule has 7 heteroatoms. The van der Waals surface area contributed by atoms with Crippen molar-refractivity contribution in [3.8, 4) is 0 Å². The molecule has 0 aliphatic rings. The zero-order valence-electron chi connectivity index (χ0n) is 27.7. The minimum absolute atomic E-state index is 0. The van der Waals surface area contributed by atoms with Crippen LogP contribution in [0.5, 0.6) is 0 Å². The van der Waals surface area contributed by atoms with E-state index < -0.39 is 15.8 Å². The second-order valence-corrected chi connectivity index (χ2v) is 18.8. The molecule has 1 radical (unpaired) electrons. The van der Waals surface area contributed by atoms with Crippen LogP contribution in [-0.2, 0) is 26.1 Å². The normalized spacial score (nSPS) is 9.51. The van der Waals surface area contributed by atoms with Crippen molar-refractivity contribution in [3.05, 3.63) is 195 Å². The Labute approximate surface area is 312 Å². The van der Waals surface area contributed by atoms with Crippen molar-refractivity contribution in [2.75, 3.05) is 12.3 Å². The number of hydrogen-bond acceptors (Lipinski definition) is 1. The van der Waals surface area contributed by atoms with Gasteiger partial charge in [0.2, 0.25) is 0 Å². The summed E-state index contributed by atoms with van der Waals surface area (Å²) < 4.78 is 15.0. The summed E-state index contributed by atoms with van der Waals surface area (Å²) >= 11 is 4.33. The maximum Gasteiger partial charge on any atom is 0 e. The quantitative estimate of drug-likeness (QED) is 0.0697.